The summed E-state index contributed by atoms with van der Waals surface area (Å²) in [4.78, 5) is 11.5. The first-order chi connectivity index (χ1) is 9.95. The molecule has 21 heavy (non-hydrogen) atoms. The van der Waals surface area contributed by atoms with E-state index in [2.05, 4.69) is 10.6 Å². The number of hydrogen-bond donors (Lipinski definition) is 3. The van der Waals surface area contributed by atoms with E-state index in [4.69, 9.17) is 4.55 Å². The predicted molar refractivity (Wildman–Crippen MR) is 79.9 cm³/mol. The van der Waals surface area contributed by atoms with Crippen molar-refractivity contribution >= 4 is 21.8 Å². The normalized spacial score (nSPS) is 16.4. The lowest BCUT2D eigenvalue weighted by molar-refractivity contribution is 0.247. The van der Waals surface area contributed by atoms with E-state index in [1.807, 2.05) is 0 Å². The van der Waals surface area contributed by atoms with Gasteiger partial charge in [0.1, 0.15) is 0 Å². The summed E-state index contributed by atoms with van der Waals surface area (Å²) in [6, 6.07) is 5.05. The molecular weight excluding hydrogens is 292 g/mol. The van der Waals surface area contributed by atoms with Crippen molar-refractivity contribution in [3.63, 3.8) is 0 Å². The van der Waals surface area contributed by atoms with Gasteiger partial charge in [0, 0.05) is 12.2 Å². The van der Waals surface area contributed by atoms with E-state index in [9.17, 15) is 13.2 Å². The molecule has 2 amide bonds. The van der Waals surface area contributed by atoms with Crippen LogP contribution < -0.4 is 10.6 Å². The van der Waals surface area contributed by atoms with E-state index in [0.29, 0.717) is 18.2 Å². The van der Waals surface area contributed by atoms with Gasteiger partial charge >= 0.3 is 6.03 Å². The van der Waals surface area contributed by atoms with Gasteiger partial charge in [-0.25, -0.2) is 4.79 Å². The molecule has 0 saturated heterocycles. The quantitative estimate of drug-likeness (QED) is 0.745. The number of carbonyl (C=O) groups is 1. The van der Waals surface area contributed by atoms with Crippen LogP contribution in [0.2, 0.25) is 0 Å². The van der Waals surface area contributed by atoms with Crippen LogP contribution in [0, 0.1) is 5.92 Å². The van der Waals surface area contributed by atoms with Gasteiger partial charge < -0.3 is 10.6 Å². The van der Waals surface area contributed by atoms with Crippen LogP contribution >= 0.6 is 0 Å². The van der Waals surface area contributed by atoms with Crippen LogP contribution in [0.15, 0.2) is 29.2 Å². The molecule has 0 spiro atoms. The fraction of sp³-hybridized carbons (Fsp3) is 0.500. The van der Waals surface area contributed by atoms with Crippen LogP contribution in [0.5, 0.6) is 0 Å². The largest absolute Gasteiger partial charge is 0.338 e. The molecule has 0 heterocycles. The smallest absolute Gasteiger partial charge is 0.319 e. The third-order valence-corrected chi connectivity index (χ3v) is 4.55. The zero-order valence-corrected chi connectivity index (χ0v) is 12.5. The number of anilines is 1. The van der Waals surface area contributed by atoms with Crippen molar-refractivity contribution in [3.05, 3.63) is 24.3 Å². The number of hydrogen-bond acceptors (Lipinski definition) is 3. The van der Waals surface area contributed by atoms with Gasteiger partial charge in [0.05, 0.1) is 4.90 Å². The zero-order chi connectivity index (χ0) is 15.3. The highest BCUT2D eigenvalue weighted by Crippen LogP contribution is 2.22. The predicted octanol–water partition coefficient (Wildman–Crippen LogP) is 2.64. The van der Waals surface area contributed by atoms with Crippen LogP contribution in [0.25, 0.3) is 0 Å². The standard InChI is InChI=1S/C14H20N2O4S/c17-14(15-10-11-4-2-1-3-5-11)16-12-6-8-13(9-7-12)21(18,19)20/h6-9,11H,1-5,10H2,(H2,15,16,17)(H,18,19,20). The van der Waals surface area contributed by atoms with Crippen LogP contribution in [0.1, 0.15) is 32.1 Å². The highest BCUT2D eigenvalue weighted by molar-refractivity contribution is 7.85. The van der Waals surface area contributed by atoms with Gasteiger partial charge in [-0.1, -0.05) is 19.3 Å². The number of amides is 2. The molecule has 1 aromatic carbocycles. The highest BCUT2D eigenvalue weighted by atomic mass is 32.2. The third kappa shape index (κ3) is 5.02. The lowest BCUT2D eigenvalue weighted by Gasteiger charge is -2.21. The molecule has 0 radical (unpaired) electrons. The van der Waals surface area contributed by atoms with Crippen molar-refractivity contribution in [2.75, 3.05) is 11.9 Å². The Morgan fingerprint density at radius 2 is 1.76 bits per heavy atom. The fourth-order valence-electron chi connectivity index (χ4n) is 2.51. The first-order valence-corrected chi connectivity index (χ1v) is 8.51. The maximum atomic E-state index is 11.7. The van der Waals surface area contributed by atoms with E-state index in [1.54, 1.807) is 0 Å². The summed E-state index contributed by atoms with van der Waals surface area (Å²) in [5, 5.41) is 5.46. The minimum atomic E-state index is -4.20. The Morgan fingerprint density at radius 1 is 1.14 bits per heavy atom. The van der Waals surface area contributed by atoms with Gasteiger partial charge in [-0.15, -0.1) is 0 Å². The van der Waals surface area contributed by atoms with Gasteiger partial charge in [0.15, 0.2) is 0 Å². The molecule has 1 aliphatic rings. The average molecular weight is 312 g/mol. The van der Waals surface area contributed by atoms with E-state index < -0.39 is 10.1 Å². The summed E-state index contributed by atoms with van der Waals surface area (Å²) in [6.45, 7) is 0.662. The maximum absolute atomic E-state index is 11.7. The second-order valence-corrected chi connectivity index (χ2v) is 6.76. The fourth-order valence-corrected chi connectivity index (χ4v) is 2.99. The molecular formula is C14H20N2O4S. The SMILES string of the molecule is O=C(NCC1CCCCC1)Nc1ccc(S(=O)(=O)O)cc1. The summed E-state index contributed by atoms with van der Waals surface area (Å²) in [6.07, 6.45) is 6.05. The van der Waals surface area contributed by atoms with Crippen LogP contribution in [0.4, 0.5) is 10.5 Å². The van der Waals surface area contributed by atoms with Crippen LogP contribution in [0.3, 0.4) is 0 Å². The number of nitrogens with one attached hydrogen (secondary N) is 2. The van der Waals surface area contributed by atoms with Crippen LogP contribution in [-0.4, -0.2) is 25.5 Å². The van der Waals surface area contributed by atoms with Gasteiger partial charge in [-0.2, -0.15) is 8.42 Å². The van der Waals surface area contributed by atoms with Gasteiger partial charge in [-0.3, -0.25) is 4.55 Å². The van der Waals surface area contributed by atoms with Gasteiger partial charge in [0.25, 0.3) is 10.1 Å². The Morgan fingerprint density at radius 3 is 2.33 bits per heavy atom. The first-order valence-electron chi connectivity index (χ1n) is 7.07. The van der Waals surface area contributed by atoms with Crippen molar-refractivity contribution in [2.45, 2.75) is 37.0 Å². The average Bonchev–Trinajstić information content (AvgIpc) is 2.46. The van der Waals surface area contributed by atoms with Gasteiger partial charge in [0.2, 0.25) is 0 Å². The lowest BCUT2D eigenvalue weighted by Crippen LogP contribution is -2.33. The first kappa shape index (κ1) is 15.8. The minimum Gasteiger partial charge on any atom is -0.338 e. The zero-order valence-electron chi connectivity index (χ0n) is 11.7. The number of benzene rings is 1. The molecule has 1 aliphatic carbocycles. The molecule has 2 rings (SSSR count). The molecule has 0 unspecified atom stereocenters. The van der Waals surface area contributed by atoms with E-state index >= 15 is 0 Å². The monoisotopic (exact) mass is 312 g/mol. The molecule has 1 saturated carbocycles. The Balaban J connectivity index is 1.82. The third-order valence-electron chi connectivity index (χ3n) is 3.69. The topological polar surface area (TPSA) is 95.5 Å². The molecule has 116 valence electrons. The van der Waals surface area contributed by atoms with Crippen LogP contribution in [-0.2, 0) is 10.1 Å². The summed E-state index contributed by atoms with van der Waals surface area (Å²) >= 11 is 0. The van der Waals surface area contributed by atoms with Crippen molar-refractivity contribution in [3.8, 4) is 0 Å². The highest BCUT2D eigenvalue weighted by Gasteiger charge is 2.14. The number of urea groups is 1. The Bertz CT molecular complexity index is 577. The molecule has 0 aliphatic heterocycles. The molecule has 3 N–H and O–H groups in total. The summed E-state index contributed by atoms with van der Waals surface area (Å²) in [5.41, 5.74) is 0.476. The Labute approximate surface area is 124 Å². The molecule has 7 heteroatoms. The minimum absolute atomic E-state index is 0.198. The van der Waals surface area contributed by atoms with Crippen molar-refractivity contribution in [2.24, 2.45) is 5.92 Å². The van der Waals surface area contributed by atoms with E-state index in [0.717, 1.165) is 12.8 Å². The van der Waals surface area contributed by atoms with E-state index in [-0.39, 0.29) is 10.9 Å². The maximum Gasteiger partial charge on any atom is 0.319 e. The van der Waals surface area contributed by atoms with Gasteiger partial charge in [-0.05, 0) is 43.0 Å². The molecule has 0 bridgehead atoms. The molecule has 6 nitrogen and oxygen atoms in total. The summed E-state index contributed by atoms with van der Waals surface area (Å²) in [5.74, 6) is 0.548. The molecule has 1 fully saturated rings. The second kappa shape index (κ2) is 6.91. The van der Waals surface area contributed by atoms with Crippen molar-refractivity contribution in [1.29, 1.82) is 0 Å². The Kier molecular flexibility index (Phi) is 5.19. The van der Waals surface area contributed by atoms with Crippen molar-refractivity contribution < 1.29 is 17.8 Å². The molecule has 1 aromatic rings. The lowest BCUT2D eigenvalue weighted by atomic mass is 9.89. The Hall–Kier alpha value is -1.60. The number of rotatable bonds is 4. The summed E-state index contributed by atoms with van der Waals surface area (Å²) < 4.78 is 30.7. The number of carbonyl (C=O) groups excluding carboxylic acids is 1. The van der Waals surface area contributed by atoms with Crippen molar-refractivity contribution in [1.82, 2.24) is 5.32 Å². The summed E-state index contributed by atoms with van der Waals surface area (Å²) in [7, 11) is -4.20. The van der Waals surface area contributed by atoms with E-state index in [1.165, 1.54) is 43.5 Å². The molecule has 0 aromatic heterocycles. The second-order valence-electron chi connectivity index (χ2n) is 5.34. The molecule has 0 atom stereocenters.